The van der Waals surface area contributed by atoms with Gasteiger partial charge in [0.2, 0.25) is 0 Å². The van der Waals surface area contributed by atoms with Crippen molar-refractivity contribution < 1.29 is 9.90 Å². The number of carbonyl (C=O) groups excluding carboxylic acids is 1. The quantitative estimate of drug-likeness (QED) is 0.664. The summed E-state index contributed by atoms with van der Waals surface area (Å²) < 4.78 is 0. The number of aromatic nitrogens is 1. The van der Waals surface area contributed by atoms with Crippen molar-refractivity contribution in [2.45, 2.75) is 58.7 Å². The molecule has 0 aliphatic heterocycles. The zero-order chi connectivity index (χ0) is 15.5. The van der Waals surface area contributed by atoms with Gasteiger partial charge in [-0.25, -0.2) is 4.98 Å². The molecule has 1 heterocycles. The van der Waals surface area contributed by atoms with Gasteiger partial charge in [-0.15, -0.1) is 0 Å². The molecule has 2 unspecified atom stereocenters. The molecule has 0 saturated carbocycles. The van der Waals surface area contributed by atoms with Crippen molar-refractivity contribution in [3.8, 4) is 0 Å². The van der Waals surface area contributed by atoms with Crippen LogP contribution in [0.4, 0.5) is 10.9 Å². The fourth-order valence-electron chi connectivity index (χ4n) is 1.73. The number of anilines is 2. The lowest BCUT2D eigenvalue weighted by atomic mass is 10.1. The Kier molecular flexibility index (Phi) is 5.35. The van der Waals surface area contributed by atoms with Crippen LogP contribution in [0.15, 0.2) is 0 Å². The Hall–Kier alpha value is -1.34. The van der Waals surface area contributed by atoms with Crippen LogP contribution >= 0.6 is 11.3 Å². The summed E-state index contributed by atoms with van der Waals surface area (Å²) in [5.41, 5.74) is 5.65. The standard InChI is InChI=1S/C13H24N4O2S/c1-7(6-8(2)18)15-11(19)9-10(14)16-12(20-9)17-13(3,4)5/h7-8,18H,6,14H2,1-5H3,(H,15,19)(H,16,17). The summed E-state index contributed by atoms with van der Waals surface area (Å²) in [4.78, 5) is 16.7. The Balaban J connectivity index is 2.74. The van der Waals surface area contributed by atoms with Gasteiger partial charge < -0.3 is 21.5 Å². The SMILES string of the molecule is CC(O)CC(C)NC(=O)c1sc(NC(C)(C)C)nc1N. The molecule has 0 bridgehead atoms. The van der Waals surface area contributed by atoms with Gasteiger partial charge in [0.05, 0.1) is 6.10 Å². The molecule has 1 amide bonds. The van der Waals surface area contributed by atoms with Gasteiger partial charge in [-0.3, -0.25) is 4.79 Å². The van der Waals surface area contributed by atoms with Gasteiger partial charge in [0, 0.05) is 11.6 Å². The maximum atomic E-state index is 12.1. The summed E-state index contributed by atoms with van der Waals surface area (Å²) in [6.07, 6.45) is 0.0413. The third-order valence-corrected chi connectivity index (χ3v) is 3.40. The van der Waals surface area contributed by atoms with Crippen molar-refractivity contribution in [1.29, 1.82) is 0 Å². The van der Waals surface area contributed by atoms with Crippen LogP contribution in [0.5, 0.6) is 0 Å². The first-order chi connectivity index (χ1) is 9.08. The van der Waals surface area contributed by atoms with E-state index in [1.165, 1.54) is 11.3 Å². The highest BCUT2D eigenvalue weighted by atomic mass is 32.1. The zero-order valence-corrected chi connectivity index (χ0v) is 13.5. The largest absolute Gasteiger partial charge is 0.393 e. The van der Waals surface area contributed by atoms with E-state index in [9.17, 15) is 9.90 Å². The molecule has 7 heteroatoms. The molecule has 0 aliphatic rings. The van der Waals surface area contributed by atoms with Crippen LogP contribution in [0, 0.1) is 0 Å². The summed E-state index contributed by atoms with van der Waals surface area (Å²) in [6, 6.07) is -0.122. The normalized spacial score (nSPS) is 14.7. The van der Waals surface area contributed by atoms with Crippen molar-refractivity contribution in [2.75, 3.05) is 11.1 Å². The highest BCUT2D eigenvalue weighted by molar-refractivity contribution is 7.18. The van der Waals surface area contributed by atoms with E-state index >= 15 is 0 Å². The number of hydrogen-bond donors (Lipinski definition) is 4. The highest BCUT2D eigenvalue weighted by Gasteiger charge is 2.20. The maximum Gasteiger partial charge on any atom is 0.265 e. The van der Waals surface area contributed by atoms with Crippen LogP contribution in [0.3, 0.4) is 0 Å². The molecule has 2 atom stereocenters. The van der Waals surface area contributed by atoms with Gasteiger partial charge >= 0.3 is 0 Å². The number of nitrogens with one attached hydrogen (secondary N) is 2. The summed E-state index contributed by atoms with van der Waals surface area (Å²) in [5.74, 6) is -0.0291. The highest BCUT2D eigenvalue weighted by Crippen LogP contribution is 2.27. The predicted molar refractivity (Wildman–Crippen MR) is 83.1 cm³/mol. The van der Waals surface area contributed by atoms with Gasteiger partial charge in [-0.1, -0.05) is 11.3 Å². The Morgan fingerprint density at radius 3 is 2.55 bits per heavy atom. The second kappa shape index (κ2) is 6.41. The molecule has 0 radical (unpaired) electrons. The van der Waals surface area contributed by atoms with Crippen molar-refractivity contribution >= 4 is 28.2 Å². The third kappa shape index (κ3) is 5.34. The van der Waals surface area contributed by atoms with Crippen molar-refractivity contribution in [2.24, 2.45) is 0 Å². The van der Waals surface area contributed by atoms with Crippen LogP contribution in [-0.4, -0.2) is 33.7 Å². The van der Waals surface area contributed by atoms with Crippen LogP contribution < -0.4 is 16.4 Å². The molecule has 0 fully saturated rings. The maximum absolute atomic E-state index is 12.1. The summed E-state index contributed by atoms with van der Waals surface area (Å²) in [7, 11) is 0. The first-order valence-corrected chi connectivity index (χ1v) is 7.43. The Bertz CT molecular complexity index is 465. The van der Waals surface area contributed by atoms with E-state index in [0.717, 1.165) is 0 Å². The lowest BCUT2D eigenvalue weighted by Gasteiger charge is -2.19. The monoisotopic (exact) mass is 300 g/mol. The van der Waals surface area contributed by atoms with Gasteiger partial charge in [0.1, 0.15) is 10.7 Å². The Morgan fingerprint density at radius 1 is 1.45 bits per heavy atom. The number of nitrogens with zero attached hydrogens (tertiary/aromatic N) is 1. The minimum Gasteiger partial charge on any atom is -0.393 e. The summed E-state index contributed by atoms with van der Waals surface area (Å²) >= 11 is 1.23. The number of thiazole rings is 1. The molecule has 0 saturated heterocycles. The molecule has 1 rings (SSSR count). The molecule has 1 aromatic rings. The van der Waals surface area contributed by atoms with Gasteiger partial charge in [-0.2, -0.15) is 0 Å². The second-order valence-electron chi connectivity index (χ2n) is 6.07. The van der Waals surface area contributed by atoms with Crippen LogP contribution in [0.1, 0.15) is 50.7 Å². The summed E-state index contributed by atoms with van der Waals surface area (Å²) in [6.45, 7) is 9.56. The zero-order valence-electron chi connectivity index (χ0n) is 12.7. The number of nitrogens with two attached hydrogens (primary N) is 1. The van der Waals surface area contributed by atoms with Crippen LogP contribution in [0.25, 0.3) is 0 Å². The lowest BCUT2D eigenvalue weighted by molar-refractivity contribution is 0.0928. The second-order valence-corrected chi connectivity index (χ2v) is 7.07. The van der Waals surface area contributed by atoms with Gasteiger partial charge in [0.25, 0.3) is 5.91 Å². The van der Waals surface area contributed by atoms with E-state index in [-0.39, 0.29) is 23.3 Å². The molecular weight excluding hydrogens is 276 g/mol. The van der Waals surface area contributed by atoms with Crippen molar-refractivity contribution in [3.05, 3.63) is 4.88 Å². The topological polar surface area (TPSA) is 100 Å². The first kappa shape index (κ1) is 16.7. The Labute approximate surface area is 123 Å². The molecule has 5 N–H and O–H groups in total. The van der Waals surface area contributed by atoms with Crippen LogP contribution in [-0.2, 0) is 0 Å². The smallest absolute Gasteiger partial charge is 0.265 e. The van der Waals surface area contributed by atoms with E-state index in [4.69, 9.17) is 5.73 Å². The van der Waals surface area contributed by atoms with E-state index in [2.05, 4.69) is 15.6 Å². The number of aliphatic hydroxyl groups excluding tert-OH is 1. The van der Waals surface area contributed by atoms with Crippen LogP contribution in [0.2, 0.25) is 0 Å². The number of nitrogen functional groups attached to an aromatic ring is 1. The van der Waals surface area contributed by atoms with Gasteiger partial charge in [-0.05, 0) is 41.0 Å². The number of carbonyl (C=O) groups is 1. The predicted octanol–water partition coefficient (Wildman–Crippen LogP) is 1.82. The summed E-state index contributed by atoms with van der Waals surface area (Å²) in [5, 5.41) is 15.9. The molecule has 114 valence electrons. The van der Waals surface area contributed by atoms with E-state index in [1.54, 1.807) is 6.92 Å². The van der Waals surface area contributed by atoms with E-state index in [1.807, 2.05) is 27.7 Å². The molecule has 1 aromatic heterocycles. The third-order valence-electron chi connectivity index (χ3n) is 2.41. The van der Waals surface area contributed by atoms with E-state index in [0.29, 0.717) is 16.4 Å². The lowest BCUT2D eigenvalue weighted by Crippen LogP contribution is -2.34. The average molecular weight is 300 g/mol. The number of rotatable bonds is 5. The minimum atomic E-state index is -0.456. The van der Waals surface area contributed by atoms with E-state index < -0.39 is 6.10 Å². The Morgan fingerprint density at radius 2 is 2.05 bits per heavy atom. The number of hydrogen-bond acceptors (Lipinski definition) is 6. The van der Waals surface area contributed by atoms with Crippen molar-refractivity contribution in [1.82, 2.24) is 10.3 Å². The number of amides is 1. The molecule has 0 aromatic carbocycles. The molecule has 6 nitrogen and oxygen atoms in total. The average Bonchev–Trinajstić information content (AvgIpc) is 2.54. The number of aliphatic hydroxyl groups is 1. The fraction of sp³-hybridized carbons (Fsp3) is 0.692. The molecular formula is C13H24N4O2S. The molecule has 0 spiro atoms. The fourth-order valence-corrected chi connectivity index (χ4v) is 2.73. The first-order valence-electron chi connectivity index (χ1n) is 6.62. The van der Waals surface area contributed by atoms with Gasteiger partial charge in [0.15, 0.2) is 5.13 Å². The molecule has 0 aliphatic carbocycles. The minimum absolute atomic E-state index is 0.122. The van der Waals surface area contributed by atoms with Crippen molar-refractivity contribution in [3.63, 3.8) is 0 Å². The molecule has 20 heavy (non-hydrogen) atoms.